The second-order valence-corrected chi connectivity index (χ2v) is 9.04. The molecule has 0 saturated heterocycles. The smallest absolute Gasteiger partial charge is 0.338 e. The number of carbonyl (C=O) groups is 1. The highest BCUT2D eigenvalue weighted by molar-refractivity contribution is 7.07. The molecular weight excluding hydrogens is 496 g/mol. The van der Waals surface area contributed by atoms with Crippen molar-refractivity contribution in [3.63, 3.8) is 0 Å². The van der Waals surface area contributed by atoms with Gasteiger partial charge in [-0.1, -0.05) is 23.5 Å². The minimum atomic E-state index is -0.761. The second-order valence-electron chi connectivity index (χ2n) is 8.03. The first-order valence-corrected chi connectivity index (χ1v) is 12.3. The fourth-order valence-electron chi connectivity index (χ4n) is 4.22. The summed E-state index contributed by atoms with van der Waals surface area (Å²) in [4.78, 5) is 31.9. The van der Waals surface area contributed by atoms with Crippen molar-refractivity contribution in [3.05, 3.63) is 78.5 Å². The molecule has 10 heteroatoms. The van der Waals surface area contributed by atoms with Gasteiger partial charge in [-0.15, -0.1) is 0 Å². The summed E-state index contributed by atoms with van der Waals surface area (Å²) in [5, 5.41) is 0. The van der Waals surface area contributed by atoms with E-state index in [0.29, 0.717) is 49.2 Å². The van der Waals surface area contributed by atoms with Crippen molar-refractivity contribution in [1.29, 1.82) is 0 Å². The third kappa shape index (κ3) is 4.84. The molecule has 1 unspecified atom stereocenters. The lowest BCUT2D eigenvalue weighted by atomic mass is 9.95. The van der Waals surface area contributed by atoms with Gasteiger partial charge >= 0.3 is 5.97 Å². The van der Waals surface area contributed by atoms with Crippen molar-refractivity contribution < 1.29 is 28.5 Å². The molecule has 0 aliphatic carbocycles. The molecule has 37 heavy (non-hydrogen) atoms. The molecule has 1 atom stereocenters. The predicted octanol–water partition coefficient (Wildman–Crippen LogP) is 2.83. The van der Waals surface area contributed by atoms with Crippen LogP contribution in [0.4, 0.5) is 0 Å². The SMILES string of the molecule is CCOC(=O)C1=C(C)N=c2sc(=Cc3ccc(OC)c(OC)c3)c(=O)n2C1c1ccc(OC)c(OC)c1. The zero-order valence-electron chi connectivity index (χ0n) is 21.5. The van der Waals surface area contributed by atoms with Crippen LogP contribution in [0.5, 0.6) is 23.0 Å². The first-order valence-electron chi connectivity index (χ1n) is 11.5. The van der Waals surface area contributed by atoms with E-state index in [9.17, 15) is 9.59 Å². The van der Waals surface area contributed by atoms with Gasteiger partial charge in [-0.05, 0) is 55.3 Å². The molecule has 194 valence electrons. The summed E-state index contributed by atoms with van der Waals surface area (Å²) in [5.74, 6) is 1.62. The van der Waals surface area contributed by atoms with Crippen LogP contribution in [0.15, 0.2) is 57.5 Å². The van der Waals surface area contributed by atoms with Crippen LogP contribution in [-0.4, -0.2) is 45.6 Å². The van der Waals surface area contributed by atoms with E-state index in [1.807, 2.05) is 6.07 Å². The molecule has 0 amide bonds. The van der Waals surface area contributed by atoms with Gasteiger partial charge in [0.25, 0.3) is 5.56 Å². The molecule has 0 fully saturated rings. The van der Waals surface area contributed by atoms with Crippen LogP contribution < -0.4 is 33.8 Å². The number of hydrogen-bond donors (Lipinski definition) is 0. The number of ether oxygens (including phenoxy) is 5. The van der Waals surface area contributed by atoms with E-state index in [4.69, 9.17) is 23.7 Å². The van der Waals surface area contributed by atoms with Gasteiger partial charge in [-0.2, -0.15) is 0 Å². The van der Waals surface area contributed by atoms with Crippen molar-refractivity contribution in [2.45, 2.75) is 19.9 Å². The van der Waals surface area contributed by atoms with Gasteiger partial charge in [-0.25, -0.2) is 9.79 Å². The number of esters is 1. The summed E-state index contributed by atoms with van der Waals surface area (Å²) in [6.45, 7) is 3.67. The van der Waals surface area contributed by atoms with Crippen LogP contribution in [0.2, 0.25) is 0 Å². The van der Waals surface area contributed by atoms with E-state index in [0.717, 1.165) is 5.56 Å². The maximum Gasteiger partial charge on any atom is 0.338 e. The van der Waals surface area contributed by atoms with Gasteiger partial charge in [0.05, 0.1) is 56.9 Å². The Bertz CT molecular complexity index is 1550. The summed E-state index contributed by atoms with van der Waals surface area (Å²) in [7, 11) is 6.19. The van der Waals surface area contributed by atoms with Crippen molar-refractivity contribution in [2.75, 3.05) is 35.0 Å². The van der Waals surface area contributed by atoms with Crippen molar-refractivity contribution in [3.8, 4) is 23.0 Å². The van der Waals surface area contributed by atoms with Crippen LogP contribution in [0.25, 0.3) is 6.08 Å². The van der Waals surface area contributed by atoms with Gasteiger partial charge in [0, 0.05) is 0 Å². The number of methoxy groups -OCH3 is 4. The molecule has 0 spiro atoms. The minimum absolute atomic E-state index is 0.192. The molecular formula is C27H28N2O7S. The molecule has 0 N–H and O–H groups in total. The molecule has 9 nitrogen and oxygen atoms in total. The molecule has 0 saturated carbocycles. The zero-order chi connectivity index (χ0) is 26.7. The Morgan fingerprint density at radius 2 is 1.59 bits per heavy atom. The van der Waals surface area contributed by atoms with E-state index in [1.165, 1.54) is 23.0 Å². The van der Waals surface area contributed by atoms with Crippen LogP contribution in [-0.2, 0) is 9.53 Å². The molecule has 2 heterocycles. The lowest BCUT2D eigenvalue weighted by Crippen LogP contribution is -2.39. The molecule has 2 aromatic carbocycles. The highest BCUT2D eigenvalue weighted by atomic mass is 32.1. The maximum absolute atomic E-state index is 13.8. The molecule has 1 aliphatic rings. The molecule has 4 rings (SSSR count). The fourth-order valence-corrected chi connectivity index (χ4v) is 5.27. The second kappa shape index (κ2) is 10.9. The highest BCUT2D eigenvalue weighted by Crippen LogP contribution is 2.36. The third-order valence-corrected chi connectivity index (χ3v) is 6.93. The van der Waals surface area contributed by atoms with Crippen molar-refractivity contribution >= 4 is 23.4 Å². The maximum atomic E-state index is 13.8. The predicted molar refractivity (Wildman–Crippen MR) is 139 cm³/mol. The Balaban J connectivity index is 1.95. The van der Waals surface area contributed by atoms with Gasteiger partial charge in [0.15, 0.2) is 27.8 Å². The molecule has 1 aliphatic heterocycles. The van der Waals surface area contributed by atoms with Crippen LogP contribution >= 0.6 is 11.3 Å². The number of allylic oxidation sites excluding steroid dienone is 1. The number of hydrogen-bond acceptors (Lipinski definition) is 9. The molecule has 0 radical (unpaired) electrons. The number of rotatable bonds is 8. The number of nitrogens with zero attached hydrogens (tertiary/aromatic N) is 2. The van der Waals surface area contributed by atoms with E-state index in [1.54, 1.807) is 71.6 Å². The number of carbonyl (C=O) groups excluding carboxylic acids is 1. The topological polar surface area (TPSA) is 97.6 Å². The molecule has 1 aromatic heterocycles. The largest absolute Gasteiger partial charge is 0.493 e. The first kappa shape index (κ1) is 26.0. The Morgan fingerprint density at radius 1 is 0.973 bits per heavy atom. The molecule has 3 aromatic rings. The third-order valence-electron chi connectivity index (χ3n) is 5.95. The Kier molecular flexibility index (Phi) is 7.68. The van der Waals surface area contributed by atoms with Gasteiger partial charge in [-0.3, -0.25) is 9.36 Å². The summed E-state index contributed by atoms with van der Waals surface area (Å²) in [6, 6.07) is 9.94. The number of benzene rings is 2. The van der Waals surface area contributed by atoms with Crippen LogP contribution in [0, 0.1) is 0 Å². The summed E-state index contributed by atoms with van der Waals surface area (Å²) >= 11 is 1.24. The minimum Gasteiger partial charge on any atom is -0.493 e. The quantitative estimate of drug-likeness (QED) is 0.418. The van der Waals surface area contributed by atoms with E-state index in [2.05, 4.69) is 4.99 Å². The normalized spacial score (nSPS) is 15.1. The Hall–Kier alpha value is -4.05. The van der Waals surface area contributed by atoms with E-state index < -0.39 is 12.0 Å². The summed E-state index contributed by atoms with van der Waals surface area (Å²) in [5.41, 5.74) is 1.91. The first-order chi connectivity index (χ1) is 17.9. The lowest BCUT2D eigenvalue weighted by Gasteiger charge is -2.25. The van der Waals surface area contributed by atoms with Gasteiger partial charge in [0.1, 0.15) is 0 Å². The lowest BCUT2D eigenvalue weighted by molar-refractivity contribution is -0.139. The van der Waals surface area contributed by atoms with Crippen molar-refractivity contribution in [2.24, 2.45) is 4.99 Å². The Morgan fingerprint density at radius 3 is 2.22 bits per heavy atom. The standard InChI is InChI=1S/C27H28N2O7S/c1-7-36-26(31)23-15(2)28-27-29(24(23)17-9-11-19(33-4)21(14-17)35-6)25(30)22(37-27)13-16-8-10-18(32-3)20(12-16)34-5/h8-14,24H,7H2,1-6H3. The molecule has 0 bridgehead atoms. The average molecular weight is 525 g/mol. The van der Waals surface area contributed by atoms with Crippen molar-refractivity contribution in [1.82, 2.24) is 4.57 Å². The van der Waals surface area contributed by atoms with Crippen LogP contribution in [0.1, 0.15) is 31.0 Å². The number of fused-ring (bicyclic) bond motifs is 1. The van der Waals surface area contributed by atoms with Gasteiger partial charge < -0.3 is 23.7 Å². The van der Waals surface area contributed by atoms with Gasteiger partial charge in [0.2, 0.25) is 0 Å². The van der Waals surface area contributed by atoms with E-state index in [-0.39, 0.29) is 12.2 Å². The zero-order valence-corrected chi connectivity index (χ0v) is 22.3. The highest BCUT2D eigenvalue weighted by Gasteiger charge is 2.33. The monoisotopic (exact) mass is 524 g/mol. The summed E-state index contributed by atoms with van der Waals surface area (Å²) in [6.07, 6.45) is 1.76. The fraction of sp³-hybridized carbons (Fsp3) is 0.296. The number of thiazole rings is 1. The van der Waals surface area contributed by atoms with Crippen LogP contribution in [0.3, 0.4) is 0 Å². The Labute approximate surface area is 217 Å². The summed E-state index contributed by atoms with van der Waals surface area (Å²) < 4.78 is 28.9. The number of aromatic nitrogens is 1. The average Bonchev–Trinajstić information content (AvgIpc) is 3.21. The van der Waals surface area contributed by atoms with E-state index >= 15 is 0 Å².